The van der Waals surface area contributed by atoms with Crippen molar-refractivity contribution in [3.63, 3.8) is 0 Å². The molecule has 1 aromatic carbocycles. The first-order valence-corrected chi connectivity index (χ1v) is 9.14. The Bertz CT molecular complexity index is 1020. The lowest BCUT2D eigenvalue weighted by Crippen LogP contribution is -2.11. The summed E-state index contributed by atoms with van der Waals surface area (Å²) in [4.78, 5) is 8.27. The summed E-state index contributed by atoms with van der Waals surface area (Å²) in [7, 11) is 0. The highest BCUT2D eigenvalue weighted by Crippen LogP contribution is 2.38. The Hall–Kier alpha value is -3.34. The summed E-state index contributed by atoms with van der Waals surface area (Å²) in [6.07, 6.45) is 0.313. The van der Waals surface area contributed by atoms with Crippen LogP contribution in [0.25, 0.3) is 11.3 Å². The number of ether oxygens (including phenoxy) is 1. The highest BCUT2D eigenvalue weighted by Gasteiger charge is 2.35. The molecule has 0 radical (unpaired) electrons. The zero-order valence-corrected chi connectivity index (χ0v) is 15.8. The van der Waals surface area contributed by atoms with Crippen molar-refractivity contribution < 1.29 is 17.9 Å². The number of hydrogen-bond donors (Lipinski definition) is 0. The molecule has 0 aliphatic rings. The van der Waals surface area contributed by atoms with E-state index in [-0.39, 0.29) is 23.6 Å². The van der Waals surface area contributed by atoms with Crippen molar-refractivity contribution in [2.24, 2.45) is 0 Å². The second-order valence-electron chi connectivity index (χ2n) is 6.32. The molecule has 3 aromatic rings. The van der Waals surface area contributed by atoms with Gasteiger partial charge in [-0.25, -0.2) is 9.97 Å². The van der Waals surface area contributed by atoms with E-state index in [2.05, 4.69) is 9.97 Å². The van der Waals surface area contributed by atoms with Gasteiger partial charge in [0.25, 0.3) is 0 Å². The van der Waals surface area contributed by atoms with E-state index in [4.69, 9.17) is 10.00 Å². The van der Waals surface area contributed by atoms with Crippen molar-refractivity contribution in [1.82, 2.24) is 14.5 Å². The molecule has 0 saturated carbocycles. The lowest BCUT2D eigenvalue weighted by molar-refractivity contribution is -0.138. The predicted octanol–water partition coefficient (Wildman–Crippen LogP) is 4.87. The summed E-state index contributed by atoms with van der Waals surface area (Å²) in [5.41, 5.74) is -0.153. The van der Waals surface area contributed by atoms with Crippen molar-refractivity contribution >= 4 is 0 Å². The third kappa shape index (κ3) is 4.93. The lowest BCUT2D eigenvalue weighted by Gasteiger charge is -2.16. The van der Waals surface area contributed by atoms with E-state index in [0.29, 0.717) is 18.7 Å². The first-order chi connectivity index (χ1) is 13.9. The fourth-order valence-corrected chi connectivity index (χ4v) is 2.97. The van der Waals surface area contributed by atoms with Gasteiger partial charge in [0.2, 0.25) is 0 Å². The highest BCUT2D eigenvalue weighted by molar-refractivity contribution is 5.63. The molecule has 2 aromatic heterocycles. The normalized spacial score (nSPS) is 11.3. The van der Waals surface area contributed by atoms with Crippen LogP contribution in [0.4, 0.5) is 13.2 Å². The van der Waals surface area contributed by atoms with Crippen LogP contribution in [0.2, 0.25) is 0 Å². The molecule has 0 saturated heterocycles. The van der Waals surface area contributed by atoms with Crippen LogP contribution in [0.3, 0.4) is 0 Å². The summed E-state index contributed by atoms with van der Waals surface area (Å²) in [6.45, 7) is 2.76. The maximum Gasteiger partial charge on any atom is 0.419 e. The van der Waals surface area contributed by atoms with Gasteiger partial charge in [-0.15, -0.1) is 0 Å². The molecular formula is C21H19F3N4O. The second-order valence-corrected chi connectivity index (χ2v) is 6.32. The van der Waals surface area contributed by atoms with Gasteiger partial charge in [-0.3, -0.25) is 0 Å². The minimum Gasteiger partial charge on any atom is -0.493 e. The van der Waals surface area contributed by atoms with Crippen LogP contribution >= 0.6 is 0 Å². The first kappa shape index (κ1) is 20.4. The number of benzene rings is 1. The number of nitrogens with zero attached hydrogens (tertiary/aromatic N) is 4. The molecule has 0 aliphatic carbocycles. The van der Waals surface area contributed by atoms with Gasteiger partial charge in [0.1, 0.15) is 23.3 Å². The maximum absolute atomic E-state index is 13.6. The minimum absolute atomic E-state index is 0.141. The topological polar surface area (TPSA) is 63.7 Å². The quantitative estimate of drug-likeness (QED) is 0.531. The van der Waals surface area contributed by atoms with Gasteiger partial charge in [0, 0.05) is 30.9 Å². The molecule has 0 aliphatic heterocycles. The van der Waals surface area contributed by atoms with Gasteiger partial charge in [0.15, 0.2) is 0 Å². The third-order valence-corrected chi connectivity index (χ3v) is 4.36. The summed E-state index contributed by atoms with van der Waals surface area (Å²) < 4.78 is 48.1. The highest BCUT2D eigenvalue weighted by atomic mass is 19.4. The van der Waals surface area contributed by atoms with E-state index in [9.17, 15) is 13.2 Å². The fourth-order valence-electron chi connectivity index (χ4n) is 2.97. The second kappa shape index (κ2) is 8.78. The number of hydrogen-bond acceptors (Lipinski definition) is 4. The lowest BCUT2D eigenvalue weighted by atomic mass is 10.1. The Morgan fingerprint density at radius 3 is 2.76 bits per heavy atom. The third-order valence-electron chi connectivity index (χ3n) is 4.36. The zero-order chi connectivity index (χ0) is 20.9. The van der Waals surface area contributed by atoms with Crippen LogP contribution in [0.5, 0.6) is 5.75 Å². The molecule has 29 heavy (non-hydrogen) atoms. The number of aryl methyl sites for hydroxylation is 2. The van der Waals surface area contributed by atoms with E-state index < -0.39 is 11.7 Å². The Balaban J connectivity index is 1.75. The van der Waals surface area contributed by atoms with E-state index >= 15 is 0 Å². The number of halogens is 3. The van der Waals surface area contributed by atoms with E-state index in [1.165, 1.54) is 18.2 Å². The minimum atomic E-state index is -4.57. The fraction of sp³-hybridized carbons (Fsp3) is 0.286. The number of pyridine rings is 1. The summed E-state index contributed by atoms with van der Waals surface area (Å²) in [6, 6.07) is 10.3. The van der Waals surface area contributed by atoms with Gasteiger partial charge in [0.05, 0.1) is 17.9 Å². The molecule has 0 N–H and O–H groups in total. The van der Waals surface area contributed by atoms with E-state index in [1.807, 2.05) is 23.8 Å². The standard InChI is InChI=1S/C21H19F3N4O/c1-2-20-26-9-11-28(20)10-4-12-29-19-8-7-15(13-17(19)21(22,23)24)18-6-3-5-16(14-25)27-18/h3,5-9,11,13H,2,4,10,12H2,1H3. The summed E-state index contributed by atoms with van der Waals surface area (Å²) >= 11 is 0. The molecule has 150 valence electrons. The van der Waals surface area contributed by atoms with Crippen LogP contribution in [0.1, 0.15) is 30.4 Å². The van der Waals surface area contributed by atoms with Crippen LogP contribution in [-0.4, -0.2) is 21.1 Å². The van der Waals surface area contributed by atoms with Crippen LogP contribution in [0.15, 0.2) is 48.8 Å². The average molecular weight is 400 g/mol. The molecule has 2 heterocycles. The van der Waals surface area contributed by atoms with Gasteiger partial charge < -0.3 is 9.30 Å². The molecule has 0 unspecified atom stereocenters. The Labute approximate surface area is 166 Å². The SMILES string of the molecule is CCc1nccn1CCCOc1ccc(-c2cccc(C#N)n2)cc1C(F)(F)F. The smallest absolute Gasteiger partial charge is 0.419 e. The Kier molecular flexibility index (Phi) is 6.17. The molecule has 0 atom stereocenters. The number of imidazole rings is 1. The van der Waals surface area contributed by atoms with E-state index in [1.54, 1.807) is 18.3 Å². The largest absolute Gasteiger partial charge is 0.493 e. The van der Waals surface area contributed by atoms with Crippen LogP contribution < -0.4 is 4.74 Å². The van der Waals surface area contributed by atoms with Gasteiger partial charge in [-0.05, 0) is 36.8 Å². The predicted molar refractivity (Wildman–Crippen MR) is 101 cm³/mol. The van der Waals surface area contributed by atoms with Crippen LogP contribution in [0, 0.1) is 11.3 Å². The number of aromatic nitrogens is 3. The van der Waals surface area contributed by atoms with E-state index in [0.717, 1.165) is 18.3 Å². The van der Waals surface area contributed by atoms with Crippen molar-refractivity contribution in [3.8, 4) is 23.1 Å². The zero-order valence-electron chi connectivity index (χ0n) is 15.8. The van der Waals surface area contributed by atoms with Gasteiger partial charge >= 0.3 is 6.18 Å². The van der Waals surface area contributed by atoms with Gasteiger partial charge in [-0.2, -0.15) is 18.4 Å². The summed E-state index contributed by atoms with van der Waals surface area (Å²) in [5.74, 6) is 0.705. The monoisotopic (exact) mass is 400 g/mol. The first-order valence-electron chi connectivity index (χ1n) is 9.14. The number of nitriles is 1. The molecule has 8 heteroatoms. The molecule has 0 amide bonds. The van der Waals surface area contributed by atoms with Crippen LogP contribution in [-0.2, 0) is 19.1 Å². The van der Waals surface area contributed by atoms with Crippen molar-refractivity contribution in [2.75, 3.05) is 6.61 Å². The Morgan fingerprint density at radius 2 is 2.03 bits per heavy atom. The Morgan fingerprint density at radius 1 is 1.21 bits per heavy atom. The van der Waals surface area contributed by atoms with Gasteiger partial charge in [-0.1, -0.05) is 13.0 Å². The maximum atomic E-state index is 13.6. The molecule has 0 bridgehead atoms. The number of alkyl halides is 3. The summed E-state index contributed by atoms with van der Waals surface area (Å²) in [5, 5.41) is 8.94. The number of rotatable bonds is 7. The molecular weight excluding hydrogens is 381 g/mol. The van der Waals surface area contributed by atoms with Crippen molar-refractivity contribution in [1.29, 1.82) is 5.26 Å². The average Bonchev–Trinajstić information content (AvgIpc) is 3.18. The molecule has 0 spiro atoms. The molecule has 0 fully saturated rings. The van der Waals surface area contributed by atoms with Crippen molar-refractivity contribution in [3.05, 3.63) is 65.9 Å². The van der Waals surface area contributed by atoms with Crippen molar-refractivity contribution in [2.45, 2.75) is 32.5 Å². The molecule has 5 nitrogen and oxygen atoms in total. The molecule has 3 rings (SSSR count).